The molecule has 2 aromatic carbocycles. The zero-order chi connectivity index (χ0) is 30.9. The molecule has 1 amide bonds. The van der Waals surface area contributed by atoms with Crippen molar-refractivity contribution in [2.24, 2.45) is 5.92 Å². The Bertz CT molecular complexity index is 1210. The van der Waals surface area contributed by atoms with Gasteiger partial charge in [0.1, 0.15) is 5.60 Å². The molecule has 2 aliphatic heterocycles. The van der Waals surface area contributed by atoms with Gasteiger partial charge in [-0.2, -0.15) is 4.31 Å². The van der Waals surface area contributed by atoms with Crippen molar-refractivity contribution in [1.82, 2.24) is 9.62 Å². The zero-order valence-corrected chi connectivity index (χ0v) is 24.3. The molecule has 2 heterocycles. The maximum absolute atomic E-state index is 13.1. The molecule has 5 atom stereocenters. The molecule has 13 nitrogen and oxygen atoms in total. The quantitative estimate of drug-likeness (QED) is 0.126. The van der Waals surface area contributed by atoms with Crippen LogP contribution in [0.1, 0.15) is 31.4 Å². The Morgan fingerprint density at radius 3 is 2.38 bits per heavy atom. The van der Waals surface area contributed by atoms with Gasteiger partial charge in [-0.25, -0.2) is 4.79 Å². The number of amides is 1. The normalized spacial score (nSPS) is 25.2. The number of hydrogen-bond acceptors (Lipinski definition) is 13. The summed E-state index contributed by atoms with van der Waals surface area (Å²) in [5, 5.41) is 77.8. The molecule has 0 radical (unpaired) electrons. The van der Waals surface area contributed by atoms with E-state index in [1.807, 2.05) is 19.1 Å². The topological polar surface area (TPSA) is 202 Å². The van der Waals surface area contributed by atoms with Gasteiger partial charge in [-0.1, -0.05) is 48.0 Å². The number of aliphatic hydroxyl groups is 7. The van der Waals surface area contributed by atoms with Crippen LogP contribution >= 0.6 is 11.9 Å². The fourth-order valence-electron chi connectivity index (χ4n) is 4.72. The summed E-state index contributed by atoms with van der Waals surface area (Å²) in [6.45, 7) is 3.93. The molecule has 2 aliphatic rings. The van der Waals surface area contributed by atoms with Crippen molar-refractivity contribution in [2.45, 2.75) is 80.2 Å². The third-order valence-corrected chi connectivity index (χ3v) is 8.47. The lowest BCUT2D eigenvalue weighted by Gasteiger charge is -2.43. The molecule has 0 aromatic heterocycles. The number of carbonyl (C=O) groups is 1. The summed E-state index contributed by atoms with van der Waals surface area (Å²) in [4.78, 5) is 13.6. The summed E-state index contributed by atoms with van der Waals surface area (Å²) in [5.41, 5.74) is -0.409. The van der Waals surface area contributed by atoms with Gasteiger partial charge in [-0.05, 0) is 63.3 Å². The highest BCUT2D eigenvalue weighted by Crippen LogP contribution is 2.47. The molecule has 0 saturated carbocycles. The molecular formula is C28H38N2O11S. The summed E-state index contributed by atoms with van der Waals surface area (Å²) in [6, 6.07) is 14.7. The number of carbonyl (C=O) groups excluding carboxylic acids is 1. The third kappa shape index (κ3) is 6.90. The van der Waals surface area contributed by atoms with E-state index in [1.54, 1.807) is 42.5 Å². The smallest absolute Gasteiger partial charge is 0.407 e. The molecule has 5 unspecified atom stereocenters. The second kappa shape index (κ2) is 12.3. The predicted octanol–water partition coefficient (Wildman–Crippen LogP) is 0.132. The molecule has 8 N–H and O–H groups in total. The van der Waals surface area contributed by atoms with Crippen LogP contribution in [0.4, 0.5) is 4.79 Å². The molecule has 14 heteroatoms. The van der Waals surface area contributed by atoms with Gasteiger partial charge in [0.2, 0.25) is 0 Å². The fourth-order valence-corrected chi connectivity index (χ4v) is 5.81. The predicted molar refractivity (Wildman–Crippen MR) is 148 cm³/mol. The molecule has 2 saturated heterocycles. The standard InChI is InChI=1S/C28H38N2O11S/c1-17-9-11-19(12-10-17)42-30(27(35,36)25(2,3)33)16-22(31)21(15-18-7-5-4-6-8-18)29-24(32)41-26(34)20-13-14-39-23(20)40-28(26,37)38/h4-12,20-23,31,33-38H,13-16H2,1-3H3,(H,29,32). The highest BCUT2D eigenvalue weighted by Gasteiger charge is 2.70. The summed E-state index contributed by atoms with van der Waals surface area (Å²) in [6.07, 6.45) is -3.88. The van der Waals surface area contributed by atoms with Crippen molar-refractivity contribution in [1.29, 1.82) is 0 Å². The molecule has 2 aromatic rings. The molecule has 2 fully saturated rings. The molecule has 232 valence electrons. The van der Waals surface area contributed by atoms with Crippen molar-refractivity contribution < 1.29 is 54.8 Å². The zero-order valence-electron chi connectivity index (χ0n) is 23.5. The van der Waals surface area contributed by atoms with Crippen LogP contribution in [-0.2, 0) is 20.6 Å². The lowest BCUT2D eigenvalue weighted by Crippen LogP contribution is -2.63. The Balaban J connectivity index is 1.57. The molecule has 0 spiro atoms. The average molecular weight is 611 g/mol. The van der Waals surface area contributed by atoms with Crippen LogP contribution < -0.4 is 5.32 Å². The summed E-state index contributed by atoms with van der Waals surface area (Å²) in [5.74, 6) is -10.1. The number of benzene rings is 2. The number of nitrogens with one attached hydrogen (secondary N) is 1. The Kier molecular flexibility index (Phi) is 9.57. The highest BCUT2D eigenvalue weighted by atomic mass is 32.2. The molecule has 0 bridgehead atoms. The maximum Gasteiger partial charge on any atom is 0.410 e. The van der Waals surface area contributed by atoms with Crippen LogP contribution in [0, 0.1) is 12.8 Å². The summed E-state index contributed by atoms with van der Waals surface area (Å²) >= 11 is 0.871. The molecule has 42 heavy (non-hydrogen) atoms. The van der Waals surface area contributed by atoms with Crippen molar-refractivity contribution >= 4 is 18.0 Å². The van der Waals surface area contributed by atoms with Crippen molar-refractivity contribution in [3.8, 4) is 0 Å². The number of aliphatic hydroxyl groups excluding tert-OH is 1. The van der Waals surface area contributed by atoms with Gasteiger partial charge >= 0.3 is 17.9 Å². The minimum Gasteiger partial charge on any atom is -0.407 e. The van der Waals surface area contributed by atoms with E-state index in [0.29, 0.717) is 10.5 Å². The van der Waals surface area contributed by atoms with E-state index in [4.69, 9.17) is 14.2 Å². The molecular weight excluding hydrogens is 572 g/mol. The van der Waals surface area contributed by atoms with Crippen LogP contribution in [0.3, 0.4) is 0 Å². The fraction of sp³-hybridized carbons (Fsp3) is 0.536. The van der Waals surface area contributed by atoms with Crippen molar-refractivity contribution in [2.75, 3.05) is 13.2 Å². The average Bonchev–Trinajstić information content (AvgIpc) is 3.43. The van der Waals surface area contributed by atoms with Gasteiger partial charge in [0.25, 0.3) is 5.91 Å². The second-order valence-corrected chi connectivity index (χ2v) is 12.2. The lowest BCUT2D eigenvalue weighted by molar-refractivity contribution is -0.439. The van der Waals surface area contributed by atoms with Crippen LogP contribution in [0.5, 0.6) is 0 Å². The van der Waals surface area contributed by atoms with Crippen LogP contribution in [-0.4, -0.2) is 101 Å². The Morgan fingerprint density at radius 2 is 1.76 bits per heavy atom. The van der Waals surface area contributed by atoms with Crippen molar-refractivity contribution in [3.63, 3.8) is 0 Å². The van der Waals surface area contributed by atoms with E-state index in [0.717, 1.165) is 21.8 Å². The van der Waals surface area contributed by atoms with Gasteiger partial charge in [-0.15, -0.1) is 0 Å². The maximum atomic E-state index is 13.1. The summed E-state index contributed by atoms with van der Waals surface area (Å²) in [7, 11) is 0. The van der Waals surface area contributed by atoms with E-state index >= 15 is 0 Å². The largest absolute Gasteiger partial charge is 0.410 e. The van der Waals surface area contributed by atoms with Crippen LogP contribution in [0.2, 0.25) is 0 Å². The van der Waals surface area contributed by atoms with Gasteiger partial charge in [0, 0.05) is 11.4 Å². The Morgan fingerprint density at radius 1 is 1.12 bits per heavy atom. The first-order valence-electron chi connectivity index (χ1n) is 13.4. The van der Waals surface area contributed by atoms with Gasteiger partial charge in [-0.3, -0.25) is 4.74 Å². The first-order chi connectivity index (χ1) is 19.5. The monoisotopic (exact) mass is 610 g/mol. The number of hydrogen-bond donors (Lipinski definition) is 8. The SMILES string of the molecule is Cc1ccc(SN(CC(O)C(Cc2ccccc2)NC(=O)OC2(O)C3CCOC3OC2(O)O)C(O)(O)C(C)(C)O)cc1. The van der Waals surface area contributed by atoms with Gasteiger partial charge in [0.05, 0.1) is 24.7 Å². The molecule has 0 aliphatic carbocycles. The van der Waals surface area contributed by atoms with E-state index in [9.17, 15) is 40.5 Å². The minimum atomic E-state index is -3.25. The third-order valence-electron chi connectivity index (χ3n) is 7.36. The number of fused-ring (bicyclic) bond motifs is 1. The van der Waals surface area contributed by atoms with Crippen LogP contribution in [0.15, 0.2) is 59.5 Å². The van der Waals surface area contributed by atoms with E-state index in [-0.39, 0.29) is 19.4 Å². The molecule has 4 rings (SSSR count). The first-order valence-corrected chi connectivity index (χ1v) is 14.2. The number of ether oxygens (including phenoxy) is 3. The Labute approximate surface area is 247 Å². The number of rotatable bonds is 11. The van der Waals surface area contributed by atoms with E-state index < -0.39 is 60.3 Å². The van der Waals surface area contributed by atoms with Gasteiger partial charge < -0.3 is 50.5 Å². The van der Waals surface area contributed by atoms with E-state index in [1.165, 1.54) is 13.8 Å². The minimum absolute atomic E-state index is 0.0278. The Hall–Kier alpha value is -2.34. The number of nitrogens with zero attached hydrogens (tertiary/aromatic N) is 1. The number of alkyl carbamates (subject to hydrolysis) is 1. The van der Waals surface area contributed by atoms with Gasteiger partial charge in [0.15, 0.2) is 6.29 Å². The van der Waals surface area contributed by atoms with E-state index in [2.05, 4.69) is 5.32 Å². The van der Waals surface area contributed by atoms with Crippen molar-refractivity contribution in [3.05, 3.63) is 65.7 Å². The highest BCUT2D eigenvalue weighted by molar-refractivity contribution is 7.97. The van der Waals surface area contributed by atoms with Crippen LogP contribution in [0.25, 0.3) is 0 Å². The number of aryl methyl sites for hydroxylation is 1. The second-order valence-electron chi connectivity index (χ2n) is 11.1. The lowest BCUT2D eigenvalue weighted by atomic mass is 9.97. The first kappa shape index (κ1) is 32.6. The summed E-state index contributed by atoms with van der Waals surface area (Å²) < 4.78 is 16.2.